The maximum Gasteiger partial charge on any atom is 0.133 e. The molecule has 0 saturated carbocycles. The van der Waals surface area contributed by atoms with Gasteiger partial charge in [-0.05, 0) is 42.5 Å². The van der Waals surface area contributed by atoms with Crippen LogP contribution in [0.5, 0.6) is 11.5 Å². The summed E-state index contributed by atoms with van der Waals surface area (Å²) in [4.78, 5) is 4.12. The molecule has 2 rings (SSSR count). The van der Waals surface area contributed by atoms with Gasteiger partial charge in [0.2, 0.25) is 0 Å². The molecular formula is C15H14Cl2N2O2. The highest BCUT2D eigenvalue weighted by Gasteiger charge is 2.06. The molecule has 0 spiro atoms. The number of amidine groups is 1. The van der Waals surface area contributed by atoms with E-state index < -0.39 is 0 Å². The maximum absolute atomic E-state index is 9.45. The SMILES string of the molecule is NC(CCl)=Nc1ccc(Oc2ccc(Cl)cc2)c(CO)c1. The number of nitrogens with two attached hydrogens (primary N) is 1. The molecule has 0 heterocycles. The van der Waals surface area contributed by atoms with Crippen LogP contribution in [0, 0.1) is 0 Å². The Hall–Kier alpha value is -1.75. The number of hydrogen-bond acceptors (Lipinski definition) is 3. The summed E-state index contributed by atoms with van der Waals surface area (Å²) in [7, 11) is 0. The third-order valence-corrected chi connectivity index (χ3v) is 3.19. The summed E-state index contributed by atoms with van der Waals surface area (Å²) >= 11 is 11.4. The van der Waals surface area contributed by atoms with E-state index in [1.807, 2.05) is 0 Å². The number of rotatable bonds is 5. The summed E-state index contributed by atoms with van der Waals surface area (Å²) in [6.07, 6.45) is 0. The zero-order valence-corrected chi connectivity index (χ0v) is 12.6. The van der Waals surface area contributed by atoms with Gasteiger partial charge in [0.1, 0.15) is 17.3 Å². The van der Waals surface area contributed by atoms with Crippen molar-refractivity contribution in [3.05, 3.63) is 53.1 Å². The monoisotopic (exact) mass is 324 g/mol. The molecule has 2 aromatic rings. The molecule has 0 fully saturated rings. The lowest BCUT2D eigenvalue weighted by Gasteiger charge is -2.10. The van der Waals surface area contributed by atoms with E-state index in [0.29, 0.717) is 33.6 Å². The van der Waals surface area contributed by atoms with Gasteiger partial charge in [0, 0.05) is 10.6 Å². The van der Waals surface area contributed by atoms with E-state index in [9.17, 15) is 5.11 Å². The predicted molar refractivity (Wildman–Crippen MR) is 85.9 cm³/mol. The normalized spacial score (nSPS) is 11.5. The summed E-state index contributed by atoms with van der Waals surface area (Å²) < 4.78 is 5.72. The molecule has 4 nitrogen and oxygen atoms in total. The fraction of sp³-hybridized carbons (Fsp3) is 0.133. The quantitative estimate of drug-likeness (QED) is 0.498. The van der Waals surface area contributed by atoms with Crippen molar-refractivity contribution in [2.75, 3.05) is 5.88 Å². The Bertz CT molecular complexity index is 643. The van der Waals surface area contributed by atoms with E-state index >= 15 is 0 Å². The van der Waals surface area contributed by atoms with E-state index in [2.05, 4.69) is 4.99 Å². The Labute approximate surface area is 132 Å². The minimum Gasteiger partial charge on any atom is -0.457 e. The van der Waals surface area contributed by atoms with Gasteiger partial charge in [0.15, 0.2) is 0 Å². The molecule has 6 heteroatoms. The van der Waals surface area contributed by atoms with Crippen LogP contribution in [0.1, 0.15) is 5.56 Å². The highest BCUT2D eigenvalue weighted by molar-refractivity contribution is 6.30. The van der Waals surface area contributed by atoms with E-state index in [0.717, 1.165) is 0 Å². The van der Waals surface area contributed by atoms with Crippen LogP contribution in [0.3, 0.4) is 0 Å². The van der Waals surface area contributed by atoms with Crippen LogP contribution in [0.2, 0.25) is 5.02 Å². The summed E-state index contributed by atoms with van der Waals surface area (Å²) in [6.45, 7) is -0.174. The number of alkyl halides is 1. The summed E-state index contributed by atoms with van der Waals surface area (Å²) in [5.41, 5.74) is 6.80. The van der Waals surface area contributed by atoms with Gasteiger partial charge in [-0.15, -0.1) is 11.6 Å². The first-order chi connectivity index (χ1) is 10.1. The molecule has 0 radical (unpaired) electrons. The first kappa shape index (κ1) is 15.6. The molecule has 0 aliphatic heterocycles. The Morgan fingerprint density at radius 1 is 1.19 bits per heavy atom. The van der Waals surface area contributed by atoms with Crippen LogP contribution in [0.25, 0.3) is 0 Å². The average Bonchev–Trinajstić information content (AvgIpc) is 2.50. The standard InChI is InChI=1S/C15H14Cl2N2O2/c16-8-15(18)19-12-3-6-14(10(7-12)9-20)21-13-4-1-11(17)2-5-13/h1-7,20H,8-9H2,(H2,18,19). The lowest BCUT2D eigenvalue weighted by atomic mass is 10.2. The number of benzene rings is 2. The molecule has 0 aliphatic rings. The molecule has 21 heavy (non-hydrogen) atoms. The highest BCUT2D eigenvalue weighted by Crippen LogP contribution is 2.29. The van der Waals surface area contributed by atoms with Crippen molar-refractivity contribution in [1.82, 2.24) is 0 Å². The lowest BCUT2D eigenvalue weighted by Crippen LogP contribution is -2.12. The van der Waals surface area contributed by atoms with Gasteiger partial charge < -0.3 is 15.6 Å². The van der Waals surface area contributed by atoms with E-state index in [1.165, 1.54) is 0 Å². The van der Waals surface area contributed by atoms with Gasteiger partial charge in [-0.1, -0.05) is 11.6 Å². The zero-order chi connectivity index (χ0) is 15.2. The zero-order valence-electron chi connectivity index (χ0n) is 11.1. The van der Waals surface area contributed by atoms with E-state index in [-0.39, 0.29) is 12.5 Å². The molecule has 0 saturated heterocycles. The van der Waals surface area contributed by atoms with Gasteiger partial charge in [0.25, 0.3) is 0 Å². The fourth-order valence-electron chi connectivity index (χ4n) is 1.68. The fourth-order valence-corrected chi connectivity index (χ4v) is 1.87. The van der Waals surface area contributed by atoms with Crippen LogP contribution < -0.4 is 10.5 Å². The van der Waals surface area contributed by atoms with Crippen molar-refractivity contribution in [2.24, 2.45) is 10.7 Å². The number of aliphatic hydroxyl groups excluding tert-OH is 1. The largest absolute Gasteiger partial charge is 0.457 e. The van der Waals surface area contributed by atoms with Crippen molar-refractivity contribution < 1.29 is 9.84 Å². The average molecular weight is 325 g/mol. The van der Waals surface area contributed by atoms with Crippen molar-refractivity contribution in [3.63, 3.8) is 0 Å². The molecular weight excluding hydrogens is 311 g/mol. The molecule has 0 unspecified atom stereocenters. The Morgan fingerprint density at radius 3 is 2.52 bits per heavy atom. The Balaban J connectivity index is 2.26. The van der Waals surface area contributed by atoms with Crippen molar-refractivity contribution in [3.8, 4) is 11.5 Å². The van der Waals surface area contributed by atoms with Crippen molar-refractivity contribution in [2.45, 2.75) is 6.61 Å². The van der Waals surface area contributed by atoms with Crippen molar-refractivity contribution >= 4 is 34.7 Å². The molecule has 0 bridgehead atoms. The number of ether oxygens (including phenoxy) is 1. The van der Waals surface area contributed by atoms with Gasteiger partial charge in [-0.25, -0.2) is 4.99 Å². The van der Waals surface area contributed by atoms with Crippen LogP contribution in [0.4, 0.5) is 5.69 Å². The second-order valence-corrected chi connectivity index (χ2v) is 4.95. The minimum atomic E-state index is -0.174. The number of nitrogens with zero attached hydrogens (tertiary/aromatic N) is 1. The van der Waals surface area contributed by atoms with Crippen LogP contribution >= 0.6 is 23.2 Å². The van der Waals surface area contributed by atoms with Crippen LogP contribution in [0.15, 0.2) is 47.5 Å². The predicted octanol–water partition coefficient (Wildman–Crippen LogP) is 3.85. The molecule has 3 N–H and O–H groups in total. The third kappa shape index (κ3) is 4.36. The van der Waals surface area contributed by atoms with Crippen LogP contribution in [-0.4, -0.2) is 16.8 Å². The summed E-state index contributed by atoms with van der Waals surface area (Å²) in [6, 6.07) is 12.1. The first-order valence-corrected chi connectivity index (χ1v) is 7.10. The van der Waals surface area contributed by atoms with Crippen LogP contribution in [-0.2, 0) is 6.61 Å². The highest BCUT2D eigenvalue weighted by atomic mass is 35.5. The molecule has 0 aliphatic carbocycles. The molecule has 0 amide bonds. The van der Waals surface area contributed by atoms with Gasteiger partial charge >= 0.3 is 0 Å². The number of aliphatic imine (C=N–C) groups is 1. The summed E-state index contributed by atoms with van der Waals surface area (Å²) in [5, 5.41) is 10.1. The Morgan fingerprint density at radius 2 is 1.90 bits per heavy atom. The maximum atomic E-state index is 9.45. The third-order valence-electron chi connectivity index (χ3n) is 2.67. The lowest BCUT2D eigenvalue weighted by molar-refractivity contribution is 0.276. The summed E-state index contributed by atoms with van der Waals surface area (Å²) in [5.74, 6) is 1.64. The number of aliphatic hydroxyl groups is 1. The topological polar surface area (TPSA) is 67.8 Å². The molecule has 110 valence electrons. The van der Waals surface area contributed by atoms with Gasteiger partial charge in [-0.3, -0.25) is 0 Å². The number of hydrogen-bond donors (Lipinski definition) is 2. The van der Waals surface area contributed by atoms with Crippen molar-refractivity contribution in [1.29, 1.82) is 0 Å². The van der Waals surface area contributed by atoms with E-state index in [1.54, 1.807) is 42.5 Å². The second kappa shape index (κ2) is 7.31. The molecule has 0 atom stereocenters. The smallest absolute Gasteiger partial charge is 0.133 e. The molecule has 2 aromatic carbocycles. The van der Waals surface area contributed by atoms with E-state index in [4.69, 9.17) is 33.7 Å². The molecule has 0 aromatic heterocycles. The Kier molecular flexibility index (Phi) is 5.44. The first-order valence-electron chi connectivity index (χ1n) is 6.18. The minimum absolute atomic E-state index is 0.150. The number of halogens is 2. The second-order valence-electron chi connectivity index (χ2n) is 4.24. The van der Waals surface area contributed by atoms with Gasteiger partial charge in [0.05, 0.1) is 18.2 Å². The van der Waals surface area contributed by atoms with Gasteiger partial charge in [-0.2, -0.15) is 0 Å².